The van der Waals surface area contributed by atoms with E-state index < -0.39 is 52.7 Å². The number of benzene rings is 3. The first-order valence-electron chi connectivity index (χ1n) is 11.0. The van der Waals surface area contributed by atoms with Crippen molar-refractivity contribution in [3.8, 4) is 0 Å². The number of carbonyl (C=O) groups is 2. The Morgan fingerprint density at radius 3 is 1.74 bits per heavy atom. The molecular weight excluding hydrogens is 669 g/mol. The summed E-state index contributed by atoms with van der Waals surface area (Å²) in [7, 11) is -10.7. The van der Waals surface area contributed by atoms with E-state index in [4.69, 9.17) is 29.1 Å². The van der Waals surface area contributed by atoms with Crippen molar-refractivity contribution in [2.45, 2.75) is 9.79 Å². The zero-order valence-electron chi connectivity index (χ0n) is 22.0. The van der Waals surface area contributed by atoms with Crippen LogP contribution in [0.1, 0.15) is 31.8 Å². The van der Waals surface area contributed by atoms with Crippen molar-refractivity contribution in [3.63, 3.8) is 0 Å². The predicted molar refractivity (Wildman–Crippen MR) is 143 cm³/mol. The molecule has 0 spiro atoms. The Hall–Kier alpha value is -2.03. The van der Waals surface area contributed by atoms with Gasteiger partial charge in [0.2, 0.25) is 16.5 Å². The van der Waals surface area contributed by atoms with Crippen molar-refractivity contribution in [1.82, 2.24) is 15.0 Å². The van der Waals surface area contributed by atoms with Crippen molar-refractivity contribution in [2.75, 3.05) is 10.6 Å². The van der Waals surface area contributed by atoms with E-state index >= 15 is 0 Å². The van der Waals surface area contributed by atoms with E-state index in [1.807, 2.05) is 0 Å². The molecule has 5 rings (SSSR count). The minimum atomic E-state index is -5.56. The fraction of sp³-hybridized carbons (Fsp3) is 0. The van der Waals surface area contributed by atoms with Crippen molar-refractivity contribution >= 4 is 78.0 Å². The number of rotatable bonds is 7. The van der Waals surface area contributed by atoms with Crippen molar-refractivity contribution < 1.29 is 94.4 Å². The normalized spacial score (nSPS) is 12.4. The maximum atomic E-state index is 13.6. The first-order valence-corrected chi connectivity index (χ1v) is 14.6. The van der Waals surface area contributed by atoms with Crippen LogP contribution in [0.4, 0.5) is 23.0 Å². The van der Waals surface area contributed by atoms with E-state index in [1.165, 1.54) is 48.5 Å². The molecule has 0 fully saturated rings. The van der Waals surface area contributed by atoms with Gasteiger partial charge in [-0.3, -0.25) is 9.59 Å². The number of halogens is 2. The monoisotopic (exact) mass is 681 g/mol. The molecular formula is C23H13Cl2N6Na2O8S2+. The molecule has 1 aliphatic carbocycles. The Morgan fingerprint density at radius 2 is 1.26 bits per heavy atom. The molecule has 1 aliphatic rings. The van der Waals surface area contributed by atoms with Gasteiger partial charge in [-0.25, -0.2) is 8.42 Å². The van der Waals surface area contributed by atoms with Crippen LogP contribution in [0.3, 0.4) is 0 Å². The molecule has 0 bridgehead atoms. The predicted octanol–water partition coefficient (Wildman–Crippen LogP) is -3.07. The Kier molecular flexibility index (Phi) is 11.2. The van der Waals surface area contributed by atoms with Gasteiger partial charge in [-0.15, -0.1) is 0 Å². The van der Waals surface area contributed by atoms with Crippen LogP contribution in [-0.4, -0.2) is 47.9 Å². The van der Waals surface area contributed by atoms with Crippen LogP contribution < -0.4 is 75.6 Å². The van der Waals surface area contributed by atoms with Gasteiger partial charge in [0.1, 0.15) is 15.0 Å². The largest absolute Gasteiger partial charge is 1.00 e. The number of anilines is 4. The fourth-order valence-electron chi connectivity index (χ4n) is 4.13. The van der Waals surface area contributed by atoms with Gasteiger partial charge in [0.05, 0.1) is 21.7 Å². The van der Waals surface area contributed by atoms with Crippen LogP contribution in [-0.2, 0) is 24.5 Å². The molecule has 0 unspecified atom stereocenters. The number of carbonyl (C=O) groups excluding carboxylic acids is 2. The molecule has 20 heteroatoms. The van der Waals surface area contributed by atoms with E-state index in [0.717, 1.165) is 0 Å². The van der Waals surface area contributed by atoms with Crippen molar-refractivity contribution in [3.05, 3.63) is 87.4 Å². The molecule has 1 aromatic heterocycles. The molecule has 0 aliphatic heterocycles. The average molecular weight is 682 g/mol. The topological polar surface area (TPSA) is 223 Å². The van der Waals surface area contributed by atoms with Gasteiger partial charge in [0, 0.05) is 22.5 Å². The Labute approximate surface area is 298 Å². The summed E-state index contributed by atoms with van der Waals surface area (Å²) in [5.41, 5.74) is -1.32. The molecule has 0 amide bonds. The first-order chi connectivity index (χ1) is 19.3. The maximum absolute atomic E-state index is 13.6. The summed E-state index contributed by atoms with van der Waals surface area (Å²) >= 11 is 11.5. The number of hydrogen-bond donors (Lipinski definition) is 3. The molecule has 43 heavy (non-hydrogen) atoms. The van der Waals surface area contributed by atoms with E-state index in [-0.39, 0.29) is 98.1 Å². The van der Waals surface area contributed by atoms with Gasteiger partial charge in [0.15, 0.2) is 11.6 Å². The van der Waals surface area contributed by atoms with E-state index in [2.05, 4.69) is 29.9 Å². The SMILES string of the molecule is NOS(=O)(=O)c1c(S(=O)(=O)[O-])cc(Nc2ccc(Nc3nc(Cl)nc(Cl)n3)cc2)c2c1C(=O)c1ccccc1C2=O.[Na+].[Na+]. The zero-order valence-corrected chi connectivity index (χ0v) is 29.1. The Morgan fingerprint density at radius 1 is 0.767 bits per heavy atom. The van der Waals surface area contributed by atoms with Gasteiger partial charge in [-0.2, -0.15) is 33.6 Å². The summed E-state index contributed by atoms with van der Waals surface area (Å²) < 4.78 is 66.1. The summed E-state index contributed by atoms with van der Waals surface area (Å²) in [6.07, 6.45) is 0. The number of nitrogens with one attached hydrogen (secondary N) is 2. The second kappa shape index (κ2) is 13.5. The van der Waals surface area contributed by atoms with Crippen LogP contribution in [0.25, 0.3) is 0 Å². The van der Waals surface area contributed by atoms with E-state index in [1.54, 1.807) is 0 Å². The molecule has 1 heterocycles. The van der Waals surface area contributed by atoms with E-state index in [0.29, 0.717) is 11.8 Å². The molecule has 14 nitrogen and oxygen atoms in total. The molecule has 0 saturated heterocycles. The third-order valence-electron chi connectivity index (χ3n) is 5.76. The maximum Gasteiger partial charge on any atom is 1.00 e. The Bertz CT molecular complexity index is 1980. The minimum absolute atomic E-state index is 0. The molecule has 0 saturated carbocycles. The molecule has 4 N–H and O–H groups in total. The summed E-state index contributed by atoms with van der Waals surface area (Å²) in [4.78, 5) is 35.8. The van der Waals surface area contributed by atoms with Gasteiger partial charge in [0.25, 0.3) is 0 Å². The number of nitrogens with two attached hydrogens (primary N) is 1. The summed E-state index contributed by atoms with van der Waals surface area (Å²) in [6.45, 7) is 0. The molecule has 0 atom stereocenters. The molecule has 210 valence electrons. The quantitative estimate of drug-likeness (QED) is 0.0881. The van der Waals surface area contributed by atoms with Gasteiger partial charge < -0.3 is 15.2 Å². The summed E-state index contributed by atoms with van der Waals surface area (Å²) in [5.74, 6) is 3.06. The minimum Gasteiger partial charge on any atom is -0.744 e. The number of aromatic nitrogens is 3. The van der Waals surface area contributed by atoms with Crippen molar-refractivity contribution in [2.24, 2.45) is 5.90 Å². The second-order valence-corrected chi connectivity index (χ2v) is 11.8. The van der Waals surface area contributed by atoms with Crippen LogP contribution in [0.2, 0.25) is 10.6 Å². The van der Waals surface area contributed by atoms with Crippen LogP contribution in [0.15, 0.2) is 64.4 Å². The van der Waals surface area contributed by atoms with Crippen LogP contribution in [0.5, 0.6) is 0 Å². The number of fused-ring (bicyclic) bond motifs is 2. The first kappa shape index (κ1) is 35.4. The number of hydrogen-bond acceptors (Lipinski definition) is 14. The Balaban J connectivity index is 0.00000253. The van der Waals surface area contributed by atoms with Gasteiger partial charge in [-0.1, -0.05) is 24.3 Å². The standard InChI is InChI=1S/C23H14Cl2N6O8S2.2Na/c24-21-29-22(25)31-23(30-21)28-11-7-5-10(6-8-11)27-14-9-15(40(34,35)36)20(41(37,38)39-26)17-16(14)18(32)12-3-1-2-4-13(12)19(17)33;;/h1-9,27H,26H2,(H,34,35,36)(H,28,29,30,31);;/q;2*+1/p-1. The van der Waals surface area contributed by atoms with Crippen molar-refractivity contribution in [1.29, 1.82) is 0 Å². The number of ketones is 2. The van der Waals surface area contributed by atoms with Gasteiger partial charge >= 0.3 is 69.2 Å². The average Bonchev–Trinajstić information content (AvgIpc) is 2.91. The summed E-state index contributed by atoms with van der Waals surface area (Å²) in [5, 5.41) is 5.32. The van der Waals surface area contributed by atoms with E-state index in [9.17, 15) is 31.0 Å². The third kappa shape index (κ3) is 7.12. The molecule has 3 aromatic carbocycles. The molecule has 4 aromatic rings. The summed E-state index contributed by atoms with van der Waals surface area (Å²) in [6, 6.07) is 12.1. The fourth-order valence-corrected chi connectivity index (χ4v) is 6.54. The third-order valence-corrected chi connectivity index (χ3v) is 8.27. The van der Waals surface area contributed by atoms with Crippen LogP contribution in [0, 0.1) is 0 Å². The molecule has 0 radical (unpaired) electrons. The van der Waals surface area contributed by atoms with Crippen LogP contribution >= 0.6 is 23.2 Å². The van der Waals surface area contributed by atoms with Gasteiger partial charge in [-0.05, 0) is 53.5 Å². The smallest absolute Gasteiger partial charge is 0.744 e. The second-order valence-electron chi connectivity index (χ2n) is 8.23. The zero-order chi connectivity index (χ0) is 29.7. The number of nitrogens with zero attached hydrogens (tertiary/aromatic N) is 3.